The first kappa shape index (κ1) is 10.5. The third kappa shape index (κ3) is 1.44. The van der Waals surface area contributed by atoms with Gasteiger partial charge in [-0.1, -0.05) is 6.92 Å². The predicted molar refractivity (Wildman–Crippen MR) is 49.3 cm³/mol. The van der Waals surface area contributed by atoms with Gasteiger partial charge in [0.1, 0.15) is 12.6 Å². The van der Waals surface area contributed by atoms with Crippen molar-refractivity contribution in [3.05, 3.63) is 0 Å². The molecule has 1 amide bonds. The van der Waals surface area contributed by atoms with E-state index in [9.17, 15) is 9.90 Å². The number of carbonyl (C=O) groups is 1. The van der Waals surface area contributed by atoms with Crippen LogP contribution in [0.4, 0.5) is 0 Å². The molecule has 13 heavy (non-hydrogen) atoms. The van der Waals surface area contributed by atoms with E-state index in [1.165, 1.54) is 5.01 Å². The van der Waals surface area contributed by atoms with Crippen LogP contribution in [-0.4, -0.2) is 47.0 Å². The molecule has 0 aromatic carbocycles. The molecular formula is C9H19N2O2+. The van der Waals surface area contributed by atoms with Crippen LogP contribution in [0.15, 0.2) is 0 Å². The second-order valence-electron chi connectivity index (χ2n) is 4.37. The van der Waals surface area contributed by atoms with Crippen LogP contribution in [0, 0.1) is 5.92 Å². The van der Waals surface area contributed by atoms with Crippen LogP contribution in [0.3, 0.4) is 0 Å². The number of amides is 1. The third-order valence-electron chi connectivity index (χ3n) is 3.19. The fourth-order valence-corrected chi connectivity index (χ4v) is 1.95. The molecule has 1 saturated heterocycles. The van der Waals surface area contributed by atoms with E-state index >= 15 is 0 Å². The highest BCUT2D eigenvalue weighted by Gasteiger charge is 2.48. The van der Waals surface area contributed by atoms with E-state index < -0.39 is 6.23 Å². The van der Waals surface area contributed by atoms with Crippen molar-refractivity contribution in [3.63, 3.8) is 0 Å². The summed E-state index contributed by atoms with van der Waals surface area (Å²) < 4.78 is 0.506. The maximum Gasteiger partial charge on any atom is 0.258 e. The molecule has 1 N–H and O–H groups in total. The van der Waals surface area contributed by atoms with Gasteiger partial charge in [0.2, 0.25) is 0 Å². The van der Waals surface area contributed by atoms with Gasteiger partial charge in [-0.15, -0.1) is 0 Å². The fourth-order valence-electron chi connectivity index (χ4n) is 1.95. The molecule has 0 radical (unpaired) electrons. The van der Waals surface area contributed by atoms with Gasteiger partial charge in [-0.3, -0.25) is 4.79 Å². The first-order valence-corrected chi connectivity index (χ1v) is 4.71. The summed E-state index contributed by atoms with van der Waals surface area (Å²) in [6.07, 6.45) is 0.110. The van der Waals surface area contributed by atoms with E-state index in [-0.39, 0.29) is 5.92 Å². The average Bonchev–Trinajstić information content (AvgIpc) is 2.25. The Morgan fingerprint density at radius 1 is 1.62 bits per heavy atom. The van der Waals surface area contributed by atoms with Crippen LogP contribution >= 0.6 is 0 Å². The van der Waals surface area contributed by atoms with Gasteiger partial charge in [-0.25, -0.2) is 4.59 Å². The zero-order chi connectivity index (χ0) is 10.2. The fraction of sp³-hybridized carbons (Fsp3) is 0.889. The third-order valence-corrected chi connectivity index (χ3v) is 3.19. The zero-order valence-corrected chi connectivity index (χ0v) is 8.77. The van der Waals surface area contributed by atoms with Gasteiger partial charge in [-0.2, -0.15) is 5.01 Å². The van der Waals surface area contributed by atoms with Crippen molar-refractivity contribution in [3.8, 4) is 0 Å². The number of hydrogen-bond acceptors (Lipinski definition) is 2. The summed E-state index contributed by atoms with van der Waals surface area (Å²) in [5.74, 6) is 0.151. The molecule has 4 heteroatoms. The van der Waals surface area contributed by atoms with Crippen molar-refractivity contribution >= 4 is 6.41 Å². The van der Waals surface area contributed by atoms with Gasteiger partial charge in [0, 0.05) is 0 Å². The Balaban J connectivity index is 2.93. The summed E-state index contributed by atoms with van der Waals surface area (Å²) in [6, 6.07) is 0.310. The summed E-state index contributed by atoms with van der Waals surface area (Å²) in [7, 11) is 1.98. The van der Waals surface area contributed by atoms with Gasteiger partial charge >= 0.3 is 0 Å². The lowest BCUT2D eigenvalue weighted by Crippen LogP contribution is -2.58. The highest BCUT2D eigenvalue weighted by molar-refractivity contribution is 5.45. The Labute approximate surface area is 79.3 Å². The molecule has 4 nitrogen and oxygen atoms in total. The Kier molecular flexibility index (Phi) is 2.63. The van der Waals surface area contributed by atoms with Crippen molar-refractivity contribution in [2.75, 3.05) is 13.6 Å². The van der Waals surface area contributed by atoms with Crippen LogP contribution in [0.2, 0.25) is 0 Å². The van der Waals surface area contributed by atoms with E-state index in [2.05, 4.69) is 13.8 Å². The largest absolute Gasteiger partial charge is 0.368 e. The van der Waals surface area contributed by atoms with E-state index in [4.69, 9.17) is 0 Å². The number of aliphatic hydroxyl groups excluding tert-OH is 1. The van der Waals surface area contributed by atoms with Crippen molar-refractivity contribution in [1.82, 2.24) is 5.01 Å². The molecular weight excluding hydrogens is 168 g/mol. The van der Waals surface area contributed by atoms with Crippen molar-refractivity contribution in [2.24, 2.45) is 5.92 Å². The second kappa shape index (κ2) is 3.27. The minimum absolute atomic E-state index is 0.151. The smallest absolute Gasteiger partial charge is 0.258 e. The summed E-state index contributed by atoms with van der Waals surface area (Å²) in [5, 5.41) is 11.2. The molecule has 1 aliphatic heterocycles. The molecule has 1 rings (SSSR count). The average molecular weight is 187 g/mol. The Morgan fingerprint density at radius 2 is 2.15 bits per heavy atom. The van der Waals surface area contributed by atoms with Crippen molar-refractivity contribution in [2.45, 2.75) is 33.0 Å². The van der Waals surface area contributed by atoms with E-state index in [1.807, 2.05) is 14.0 Å². The van der Waals surface area contributed by atoms with Crippen LogP contribution < -0.4 is 0 Å². The molecule has 0 bridgehead atoms. The molecule has 0 saturated carbocycles. The number of aliphatic hydroxyl groups is 1. The number of rotatable bonds is 2. The maximum atomic E-state index is 10.8. The molecule has 0 aliphatic carbocycles. The Hall–Kier alpha value is -0.610. The standard InChI is InChI=1S/C9H19N2O2/c1-7(2)11(4)5-8(3)9(13)10(11)6-12/h6-9,13H,5H2,1-4H3/q+1/t8-,9+,11-/m1/s1. The molecule has 1 heterocycles. The molecule has 1 fully saturated rings. The number of quaternary nitrogens is 1. The zero-order valence-electron chi connectivity index (χ0n) is 8.77. The van der Waals surface area contributed by atoms with E-state index in [1.54, 1.807) is 0 Å². The van der Waals surface area contributed by atoms with Gasteiger partial charge < -0.3 is 5.11 Å². The summed E-state index contributed by atoms with van der Waals surface area (Å²) in [6.45, 7) is 6.90. The van der Waals surface area contributed by atoms with Crippen LogP contribution in [-0.2, 0) is 4.79 Å². The highest BCUT2D eigenvalue weighted by Crippen LogP contribution is 2.29. The maximum absolute atomic E-state index is 10.8. The minimum atomic E-state index is -0.634. The molecule has 0 unspecified atom stereocenters. The highest BCUT2D eigenvalue weighted by atomic mass is 16.3. The molecule has 0 aromatic heterocycles. The van der Waals surface area contributed by atoms with Crippen LogP contribution in [0.25, 0.3) is 0 Å². The lowest BCUT2D eigenvalue weighted by Gasteiger charge is -2.38. The Bertz CT molecular complexity index is 208. The lowest BCUT2D eigenvalue weighted by molar-refractivity contribution is -1.01. The normalized spacial score (nSPS) is 40.0. The Morgan fingerprint density at radius 3 is 2.46 bits per heavy atom. The molecule has 1 aliphatic rings. The number of carbonyl (C=O) groups excluding carboxylic acids is 1. The van der Waals surface area contributed by atoms with Gasteiger partial charge in [0.25, 0.3) is 6.41 Å². The van der Waals surface area contributed by atoms with Gasteiger partial charge in [0.15, 0.2) is 6.23 Å². The minimum Gasteiger partial charge on any atom is -0.368 e. The number of hydrogen-bond donors (Lipinski definition) is 1. The lowest BCUT2D eigenvalue weighted by atomic mass is 10.1. The molecule has 76 valence electrons. The topological polar surface area (TPSA) is 40.5 Å². The quantitative estimate of drug-likeness (QED) is 0.495. The summed E-state index contributed by atoms with van der Waals surface area (Å²) in [5.41, 5.74) is 0. The number of nitrogens with zero attached hydrogens (tertiary/aromatic N) is 2. The van der Waals surface area contributed by atoms with Gasteiger partial charge in [0.05, 0.1) is 13.0 Å². The monoisotopic (exact) mass is 187 g/mol. The van der Waals surface area contributed by atoms with Crippen LogP contribution in [0.5, 0.6) is 0 Å². The molecule has 3 atom stereocenters. The summed E-state index contributed by atoms with van der Waals surface area (Å²) in [4.78, 5) is 10.8. The SMILES string of the molecule is CC(C)[N@@+]1(C)C[C@@H](C)[C@H](O)N1C=O. The van der Waals surface area contributed by atoms with E-state index in [0.717, 1.165) is 13.0 Å². The summed E-state index contributed by atoms with van der Waals surface area (Å²) >= 11 is 0. The second-order valence-corrected chi connectivity index (χ2v) is 4.37. The first-order chi connectivity index (χ1) is 5.93. The van der Waals surface area contributed by atoms with E-state index in [0.29, 0.717) is 10.6 Å². The van der Waals surface area contributed by atoms with Crippen molar-refractivity contribution in [1.29, 1.82) is 0 Å². The predicted octanol–water partition coefficient (Wildman–Crippen LogP) is 0.183. The molecule has 0 spiro atoms. The first-order valence-electron chi connectivity index (χ1n) is 4.71. The molecule has 0 aromatic rings. The van der Waals surface area contributed by atoms with Crippen LogP contribution in [0.1, 0.15) is 20.8 Å². The van der Waals surface area contributed by atoms with Crippen molar-refractivity contribution < 1.29 is 14.5 Å². The van der Waals surface area contributed by atoms with Gasteiger partial charge in [-0.05, 0) is 13.8 Å².